The number of alkyl halides is 1. The Labute approximate surface area is 105 Å². The summed E-state index contributed by atoms with van der Waals surface area (Å²) in [6.07, 6.45) is 0.819. The summed E-state index contributed by atoms with van der Waals surface area (Å²) in [4.78, 5) is 11.3. The number of rotatable bonds is 5. The number of fused-ring (bicyclic) bond motifs is 1. The number of carbonyl (C=O) groups excluding carboxylic acids is 1. The van der Waals surface area contributed by atoms with E-state index in [1.807, 2.05) is 13.0 Å². The Hall–Kier alpha value is -0.830. The molecule has 0 saturated carbocycles. The van der Waals surface area contributed by atoms with E-state index in [0.29, 0.717) is 17.0 Å². The van der Waals surface area contributed by atoms with Gasteiger partial charge in [-0.1, -0.05) is 6.07 Å². The lowest BCUT2D eigenvalue weighted by Gasteiger charge is -2.07. The first-order valence-corrected chi connectivity index (χ1v) is 7.05. The van der Waals surface area contributed by atoms with E-state index < -0.39 is 5.91 Å². The fourth-order valence-electron chi connectivity index (χ4n) is 1.52. The minimum atomic E-state index is -1.08. The second kappa shape index (κ2) is 5.67. The third-order valence-corrected chi connectivity index (χ3v) is 4.34. The van der Waals surface area contributed by atoms with Gasteiger partial charge in [0.15, 0.2) is 12.2 Å². The molecule has 90 valence electrons. The molecule has 2 nitrogen and oxygen atoms in total. The van der Waals surface area contributed by atoms with E-state index in [-0.39, 0.29) is 8.81 Å². The van der Waals surface area contributed by atoms with Crippen LogP contribution in [0.1, 0.15) is 28.1 Å². The van der Waals surface area contributed by atoms with Crippen LogP contribution in [-0.2, 0) is 4.52 Å². The zero-order chi connectivity index (χ0) is 12.3. The molecule has 0 fully saturated rings. The van der Waals surface area contributed by atoms with Crippen molar-refractivity contribution < 1.29 is 13.7 Å². The van der Waals surface area contributed by atoms with Crippen LogP contribution in [-0.4, -0.2) is 12.9 Å². The largest absolute Gasteiger partial charge is 0.359 e. The maximum absolute atomic E-state index is 13.8. The van der Waals surface area contributed by atoms with Crippen LogP contribution in [0.2, 0.25) is 0 Å². The highest BCUT2D eigenvalue weighted by Crippen LogP contribution is 2.38. The number of halogens is 1. The Balaban J connectivity index is 2.27. The van der Waals surface area contributed by atoms with Crippen molar-refractivity contribution in [3.63, 3.8) is 0 Å². The van der Waals surface area contributed by atoms with Crippen LogP contribution in [0, 0.1) is 0 Å². The van der Waals surface area contributed by atoms with Gasteiger partial charge in [0.1, 0.15) is 0 Å². The van der Waals surface area contributed by atoms with E-state index in [1.54, 1.807) is 18.2 Å². The van der Waals surface area contributed by atoms with Crippen molar-refractivity contribution in [2.45, 2.75) is 12.8 Å². The second-order valence-corrected chi connectivity index (χ2v) is 5.62. The van der Waals surface area contributed by atoms with Gasteiger partial charge in [-0.2, -0.15) is 0 Å². The molecular formula is C12H12FO2PS. The summed E-state index contributed by atoms with van der Waals surface area (Å²) in [5.41, 5.74) is 0.611. The first-order valence-electron chi connectivity index (χ1n) is 5.24. The van der Waals surface area contributed by atoms with Crippen LogP contribution >= 0.6 is 20.1 Å². The number of benzene rings is 1. The molecule has 0 radical (unpaired) electrons. The van der Waals surface area contributed by atoms with Crippen LogP contribution in [0.25, 0.3) is 10.1 Å². The average molecular weight is 270 g/mol. The highest BCUT2D eigenvalue weighted by molar-refractivity contribution is 7.32. The third kappa shape index (κ3) is 2.89. The monoisotopic (exact) mass is 270 g/mol. The molecule has 0 spiro atoms. The Bertz CT molecular complexity index is 526. The van der Waals surface area contributed by atoms with Crippen molar-refractivity contribution in [1.29, 1.82) is 0 Å². The quantitative estimate of drug-likeness (QED) is 0.597. The molecule has 17 heavy (non-hydrogen) atoms. The summed E-state index contributed by atoms with van der Waals surface area (Å²) < 4.78 is 19.8. The summed E-state index contributed by atoms with van der Waals surface area (Å²) in [6.45, 7) is 2.37. The molecule has 1 aromatic heterocycles. The zero-order valence-corrected chi connectivity index (χ0v) is 11.1. The lowest BCUT2D eigenvalue weighted by Crippen LogP contribution is -1.86. The van der Waals surface area contributed by atoms with Crippen molar-refractivity contribution in [1.82, 2.24) is 0 Å². The standard InChI is InChI=1S/C12H12FO2PS/c1-2-15-16-12(13)8-3-4-11-9(5-8)6-10(7-14)17-11/h3-7,12,16H,2H2,1H3. The molecule has 0 bridgehead atoms. The SMILES string of the molecule is CCOPC(F)c1ccc2sc(C=O)cc2c1. The highest BCUT2D eigenvalue weighted by atomic mass is 32.1. The first-order chi connectivity index (χ1) is 8.24. The predicted octanol–water partition coefficient (Wildman–Crippen LogP) is 4.31. The summed E-state index contributed by atoms with van der Waals surface area (Å²) in [5, 5.41) is 0.915. The van der Waals surface area contributed by atoms with Crippen molar-refractivity contribution >= 4 is 36.5 Å². The molecule has 0 aliphatic rings. The van der Waals surface area contributed by atoms with Gasteiger partial charge in [-0.3, -0.25) is 4.79 Å². The summed E-state index contributed by atoms with van der Waals surface area (Å²) in [7, 11) is -0.171. The van der Waals surface area contributed by atoms with Crippen molar-refractivity contribution in [3.8, 4) is 0 Å². The Morgan fingerprint density at radius 3 is 3.06 bits per heavy atom. The summed E-state index contributed by atoms with van der Waals surface area (Å²) >= 11 is 1.42. The number of carbonyl (C=O) groups is 1. The normalized spacial score (nSPS) is 13.5. The van der Waals surface area contributed by atoms with Crippen molar-refractivity contribution in [2.75, 3.05) is 6.61 Å². The maximum atomic E-state index is 13.8. The fraction of sp³-hybridized carbons (Fsp3) is 0.250. The van der Waals surface area contributed by atoms with Crippen LogP contribution in [0.4, 0.5) is 4.39 Å². The zero-order valence-electron chi connectivity index (χ0n) is 9.27. The Kier molecular flexibility index (Phi) is 4.21. The molecule has 5 heteroatoms. The second-order valence-electron chi connectivity index (χ2n) is 3.48. The molecule has 2 aromatic rings. The van der Waals surface area contributed by atoms with Gasteiger partial charge < -0.3 is 4.52 Å². The molecule has 1 aromatic carbocycles. The van der Waals surface area contributed by atoms with Crippen LogP contribution in [0.5, 0.6) is 0 Å². The van der Waals surface area contributed by atoms with Gasteiger partial charge in [-0.25, -0.2) is 4.39 Å². The van der Waals surface area contributed by atoms with Crippen LogP contribution < -0.4 is 0 Å². The van der Waals surface area contributed by atoms with Gasteiger partial charge >= 0.3 is 0 Å². The fourth-order valence-corrected chi connectivity index (χ4v) is 3.01. The third-order valence-electron chi connectivity index (χ3n) is 2.30. The molecule has 0 aliphatic heterocycles. The minimum Gasteiger partial charge on any atom is -0.359 e. The van der Waals surface area contributed by atoms with E-state index in [4.69, 9.17) is 4.52 Å². The lowest BCUT2D eigenvalue weighted by atomic mass is 10.2. The highest BCUT2D eigenvalue weighted by Gasteiger charge is 2.11. The molecular weight excluding hydrogens is 258 g/mol. The molecule has 2 unspecified atom stereocenters. The maximum Gasteiger partial charge on any atom is 0.166 e. The lowest BCUT2D eigenvalue weighted by molar-refractivity contribution is 0.112. The van der Waals surface area contributed by atoms with E-state index in [0.717, 1.165) is 16.4 Å². The van der Waals surface area contributed by atoms with E-state index in [1.165, 1.54) is 11.3 Å². The molecule has 0 saturated heterocycles. The number of aldehydes is 1. The molecule has 0 aliphatic carbocycles. The Morgan fingerprint density at radius 2 is 2.35 bits per heavy atom. The molecule has 0 N–H and O–H groups in total. The van der Waals surface area contributed by atoms with Crippen molar-refractivity contribution in [2.24, 2.45) is 0 Å². The van der Waals surface area contributed by atoms with Crippen LogP contribution in [0.3, 0.4) is 0 Å². The number of hydrogen-bond acceptors (Lipinski definition) is 3. The van der Waals surface area contributed by atoms with Gasteiger partial charge in [0.05, 0.1) is 13.7 Å². The average Bonchev–Trinajstić information content (AvgIpc) is 2.77. The molecule has 2 atom stereocenters. The van der Waals surface area contributed by atoms with E-state index in [9.17, 15) is 9.18 Å². The summed E-state index contributed by atoms with van der Waals surface area (Å²) in [5.74, 6) is -1.08. The molecule has 2 rings (SSSR count). The van der Waals surface area contributed by atoms with Gasteiger partial charge in [-0.05, 0) is 36.1 Å². The summed E-state index contributed by atoms with van der Waals surface area (Å²) in [6, 6.07) is 7.18. The minimum absolute atomic E-state index is 0.171. The smallest absolute Gasteiger partial charge is 0.166 e. The van der Waals surface area contributed by atoms with E-state index >= 15 is 0 Å². The predicted molar refractivity (Wildman–Crippen MR) is 71.0 cm³/mol. The number of hydrogen-bond donors (Lipinski definition) is 0. The molecule has 0 amide bonds. The van der Waals surface area contributed by atoms with Gasteiger partial charge in [0.2, 0.25) is 0 Å². The van der Waals surface area contributed by atoms with Crippen molar-refractivity contribution in [3.05, 3.63) is 34.7 Å². The number of thiophene rings is 1. The van der Waals surface area contributed by atoms with Gasteiger partial charge in [0.25, 0.3) is 0 Å². The van der Waals surface area contributed by atoms with Gasteiger partial charge in [0, 0.05) is 11.3 Å². The topological polar surface area (TPSA) is 26.3 Å². The Morgan fingerprint density at radius 1 is 1.53 bits per heavy atom. The van der Waals surface area contributed by atoms with Gasteiger partial charge in [-0.15, -0.1) is 11.3 Å². The van der Waals surface area contributed by atoms with Crippen LogP contribution in [0.15, 0.2) is 24.3 Å². The molecule has 1 heterocycles. The first kappa shape index (κ1) is 12.6. The van der Waals surface area contributed by atoms with E-state index in [2.05, 4.69) is 0 Å².